The Morgan fingerprint density at radius 3 is 2.64 bits per heavy atom. The standard InChI is InChI=1S/C17H22N4O3S/c1-21(9-8-14-11-19-20-12-14)25(23,24)16-6-4-15(5-7-16)17(22)18-10-13-2-3-13/h4-7,11-13H,2-3,8-10H2,1H3,(H,18,22)(H,19,20). The van der Waals surface area contributed by atoms with E-state index in [9.17, 15) is 13.2 Å². The zero-order chi connectivity index (χ0) is 17.9. The number of rotatable bonds is 8. The van der Waals surface area contributed by atoms with Gasteiger partial charge in [0.25, 0.3) is 5.91 Å². The lowest BCUT2D eigenvalue weighted by Crippen LogP contribution is -2.29. The number of likely N-dealkylation sites (N-methyl/N-ethyl adjacent to an activating group) is 1. The van der Waals surface area contributed by atoms with Crippen molar-refractivity contribution in [3.63, 3.8) is 0 Å². The average Bonchev–Trinajstić information content (AvgIpc) is 3.30. The molecule has 1 aromatic heterocycles. The molecule has 2 N–H and O–H groups in total. The van der Waals surface area contributed by atoms with Crippen LogP contribution in [0.1, 0.15) is 28.8 Å². The minimum absolute atomic E-state index is 0.163. The summed E-state index contributed by atoms with van der Waals surface area (Å²) in [6, 6.07) is 6.07. The minimum atomic E-state index is -3.58. The first-order chi connectivity index (χ1) is 12.0. The number of carbonyl (C=O) groups is 1. The molecule has 3 rings (SSSR count). The summed E-state index contributed by atoms with van der Waals surface area (Å²) in [7, 11) is -2.03. The molecule has 7 nitrogen and oxygen atoms in total. The van der Waals surface area contributed by atoms with Crippen LogP contribution in [0, 0.1) is 5.92 Å². The maximum Gasteiger partial charge on any atom is 0.251 e. The number of benzene rings is 1. The zero-order valence-corrected chi connectivity index (χ0v) is 14.9. The number of sulfonamides is 1. The van der Waals surface area contributed by atoms with Crippen molar-refractivity contribution in [2.24, 2.45) is 5.92 Å². The van der Waals surface area contributed by atoms with Gasteiger partial charge in [-0.05, 0) is 55.0 Å². The highest BCUT2D eigenvalue weighted by Crippen LogP contribution is 2.27. The summed E-state index contributed by atoms with van der Waals surface area (Å²) >= 11 is 0. The van der Waals surface area contributed by atoms with Crippen molar-refractivity contribution in [2.75, 3.05) is 20.1 Å². The predicted molar refractivity (Wildman–Crippen MR) is 93.6 cm³/mol. The van der Waals surface area contributed by atoms with Gasteiger partial charge in [-0.15, -0.1) is 0 Å². The molecule has 1 aromatic carbocycles. The van der Waals surface area contributed by atoms with E-state index in [0.29, 0.717) is 31.0 Å². The maximum atomic E-state index is 12.6. The van der Waals surface area contributed by atoms with E-state index in [1.54, 1.807) is 31.6 Å². The summed E-state index contributed by atoms with van der Waals surface area (Å²) in [6.07, 6.45) is 6.34. The largest absolute Gasteiger partial charge is 0.352 e. The Morgan fingerprint density at radius 1 is 1.32 bits per heavy atom. The number of H-pyrrole nitrogens is 1. The third-order valence-electron chi connectivity index (χ3n) is 4.34. The van der Waals surface area contributed by atoms with Crippen LogP contribution in [0.5, 0.6) is 0 Å². The van der Waals surface area contributed by atoms with Crippen LogP contribution in [-0.4, -0.2) is 49.0 Å². The van der Waals surface area contributed by atoms with Crippen LogP contribution in [0.4, 0.5) is 0 Å². The molecule has 1 fully saturated rings. The van der Waals surface area contributed by atoms with Gasteiger partial charge in [0.15, 0.2) is 0 Å². The molecule has 1 amide bonds. The van der Waals surface area contributed by atoms with E-state index < -0.39 is 10.0 Å². The van der Waals surface area contributed by atoms with Gasteiger partial charge in [-0.3, -0.25) is 9.89 Å². The molecule has 0 bridgehead atoms. The SMILES string of the molecule is CN(CCc1cn[nH]c1)S(=O)(=O)c1ccc(C(=O)NCC2CC2)cc1. The van der Waals surface area contributed by atoms with Crippen molar-refractivity contribution in [3.8, 4) is 0 Å². The number of aromatic amines is 1. The van der Waals surface area contributed by atoms with Crippen LogP contribution in [-0.2, 0) is 16.4 Å². The van der Waals surface area contributed by atoms with E-state index in [4.69, 9.17) is 0 Å². The monoisotopic (exact) mass is 362 g/mol. The van der Waals surface area contributed by atoms with Gasteiger partial charge < -0.3 is 5.32 Å². The second-order valence-corrected chi connectivity index (χ2v) is 8.41. The third kappa shape index (κ3) is 4.46. The van der Waals surface area contributed by atoms with Gasteiger partial charge in [-0.1, -0.05) is 0 Å². The van der Waals surface area contributed by atoms with Gasteiger partial charge >= 0.3 is 0 Å². The van der Waals surface area contributed by atoms with Crippen molar-refractivity contribution in [1.82, 2.24) is 19.8 Å². The molecule has 1 aliphatic rings. The lowest BCUT2D eigenvalue weighted by molar-refractivity contribution is 0.0951. The highest BCUT2D eigenvalue weighted by Gasteiger charge is 2.23. The fraction of sp³-hybridized carbons (Fsp3) is 0.412. The highest BCUT2D eigenvalue weighted by atomic mass is 32.2. The molecule has 2 aromatic rings. The number of hydrogen-bond donors (Lipinski definition) is 2. The van der Waals surface area contributed by atoms with Gasteiger partial charge in [0, 0.05) is 31.9 Å². The van der Waals surface area contributed by atoms with Crippen molar-refractivity contribution in [3.05, 3.63) is 47.8 Å². The van der Waals surface area contributed by atoms with Crippen LogP contribution in [0.2, 0.25) is 0 Å². The Hall–Kier alpha value is -2.19. The molecule has 0 aliphatic heterocycles. The van der Waals surface area contributed by atoms with E-state index in [2.05, 4.69) is 15.5 Å². The summed E-state index contributed by atoms with van der Waals surface area (Å²) in [5.41, 5.74) is 1.42. The lowest BCUT2D eigenvalue weighted by atomic mass is 10.2. The second kappa shape index (κ2) is 7.37. The van der Waals surface area contributed by atoms with E-state index in [-0.39, 0.29) is 10.8 Å². The van der Waals surface area contributed by atoms with Crippen molar-refractivity contribution >= 4 is 15.9 Å². The fourth-order valence-corrected chi connectivity index (χ4v) is 3.61. The summed E-state index contributed by atoms with van der Waals surface area (Å²) in [5, 5.41) is 9.42. The maximum absolute atomic E-state index is 12.6. The number of aromatic nitrogens is 2. The molecule has 134 valence electrons. The zero-order valence-electron chi connectivity index (χ0n) is 14.1. The summed E-state index contributed by atoms with van der Waals surface area (Å²) in [5.74, 6) is 0.441. The van der Waals surface area contributed by atoms with Crippen LogP contribution in [0.3, 0.4) is 0 Å². The van der Waals surface area contributed by atoms with Crippen LogP contribution in [0.25, 0.3) is 0 Å². The fourth-order valence-electron chi connectivity index (χ4n) is 2.44. The predicted octanol–water partition coefficient (Wildman–Crippen LogP) is 1.41. The first-order valence-corrected chi connectivity index (χ1v) is 9.73. The van der Waals surface area contributed by atoms with Gasteiger partial charge in [0.05, 0.1) is 11.1 Å². The highest BCUT2D eigenvalue weighted by molar-refractivity contribution is 7.89. The van der Waals surface area contributed by atoms with Gasteiger partial charge in [-0.2, -0.15) is 5.10 Å². The molecule has 0 spiro atoms. The molecule has 1 aliphatic carbocycles. The van der Waals surface area contributed by atoms with E-state index in [1.807, 2.05) is 0 Å². The molecule has 25 heavy (non-hydrogen) atoms. The van der Waals surface area contributed by atoms with Crippen LogP contribution < -0.4 is 5.32 Å². The molecule has 0 atom stereocenters. The average molecular weight is 362 g/mol. The Morgan fingerprint density at radius 2 is 2.04 bits per heavy atom. The summed E-state index contributed by atoms with van der Waals surface area (Å²) in [6.45, 7) is 1.04. The summed E-state index contributed by atoms with van der Waals surface area (Å²) in [4.78, 5) is 12.2. The van der Waals surface area contributed by atoms with Crippen LogP contribution in [0.15, 0.2) is 41.6 Å². The van der Waals surface area contributed by atoms with Crippen LogP contribution >= 0.6 is 0 Å². The second-order valence-electron chi connectivity index (χ2n) is 6.36. The van der Waals surface area contributed by atoms with E-state index in [0.717, 1.165) is 5.56 Å². The number of carbonyl (C=O) groups excluding carboxylic acids is 1. The van der Waals surface area contributed by atoms with Gasteiger partial charge in [-0.25, -0.2) is 12.7 Å². The summed E-state index contributed by atoms with van der Waals surface area (Å²) < 4.78 is 26.5. The van der Waals surface area contributed by atoms with Crippen molar-refractivity contribution in [1.29, 1.82) is 0 Å². The molecule has 1 heterocycles. The quantitative estimate of drug-likeness (QED) is 0.742. The molecule has 0 saturated heterocycles. The van der Waals surface area contributed by atoms with Crippen molar-refractivity contribution in [2.45, 2.75) is 24.2 Å². The molecular formula is C17H22N4O3S. The first-order valence-electron chi connectivity index (χ1n) is 8.29. The van der Waals surface area contributed by atoms with E-state index in [1.165, 1.54) is 29.3 Å². The Labute approximate surface area is 147 Å². The number of nitrogens with zero attached hydrogens (tertiary/aromatic N) is 2. The minimum Gasteiger partial charge on any atom is -0.352 e. The third-order valence-corrected chi connectivity index (χ3v) is 6.21. The topological polar surface area (TPSA) is 95.2 Å². The lowest BCUT2D eigenvalue weighted by Gasteiger charge is -2.17. The van der Waals surface area contributed by atoms with Gasteiger partial charge in [0.2, 0.25) is 10.0 Å². The van der Waals surface area contributed by atoms with Gasteiger partial charge in [0.1, 0.15) is 0 Å². The Balaban J connectivity index is 1.61. The van der Waals surface area contributed by atoms with E-state index >= 15 is 0 Å². The number of hydrogen-bond acceptors (Lipinski definition) is 4. The number of amides is 1. The molecular weight excluding hydrogens is 340 g/mol. The number of nitrogens with one attached hydrogen (secondary N) is 2. The molecule has 0 radical (unpaired) electrons. The molecule has 0 unspecified atom stereocenters. The first kappa shape index (κ1) is 17.6. The normalized spacial score (nSPS) is 14.6. The molecule has 8 heteroatoms. The molecule has 1 saturated carbocycles. The van der Waals surface area contributed by atoms with Crippen molar-refractivity contribution < 1.29 is 13.2 Å². The Bertz CT molecular complexity index is 812. The Kier molecular flexibility index (Phi) is 5.19. The smallest absolute Gasteiger partial charge is 0.251 e.